The van der Waals surface area contributed by atoms with Gasteiger partial charge in [-0.25, -0.2) is 0 Å². The lowest BCUT2D eigenvalue weighted by atomic mass is 10.1. The Kier molecular flexibility index (Phi) is 7.98. The third kappa shape index (κ3) is 5.87. The van der Waals surface area contributed by atoms with E-state index >= 15 is 0 Å². The molecule has 0 amide bonds. The van der Waals surface area contributed by atoms with E-state index < -0.39 is 8.80 Å². The molecule has 0 spiro atoms. The maximum atomic E-state index is 5.76. The van der Waals surface area contributed by atoms with Crippen molar-refractivity contribution in [2.75, 3.05) is 19.8 Å². The summed E-state index contributed by atoms with van der Waals surface area (Å²) in [6.45, 7) is 7.77. The predicted octanol–water partition coefficient (Wildman–Crippen LogP) is 3.65. The van der Waals surface area contributed by atoms with Gasteiger partial charge < -0.3 is 13.3 Å². The van der Waals surface area contributed by atoms with E-state index in [-0.39, 0.29) is 0 Å². The highest BCUT2D eigenvalue weighted by Crippen LogP contribution is 2.17. The average Bonchev–Trinajstić information content (AvgIpc) is 2.89. The molecule has 1 aliphatic rings. The van der Waals surface area contributed by atoms with E-state index in [2.05, 4.69) is 30.4 Å². The zero-order valence-corrected chi connectivity index (χ0v) is 13.3. The molecule has 0 radical (unpaired) electrons. The first-order chi connectivity index (χ1) is 9.26. The summed E-state index contributed by atoms with van der Waals surface area (Å²) in [6, 6.07) is 0. The molecule has 0 heterocycles. The normalized spacial score (nSPS) is 15.9. The van der Waals surface area contributed by atoms with Crippen molar-refractivity contribution in [3.8, 4) is 0 Å². The van der Waals surface area contributed by atoms with E-state index in [1.54, 1.807) is 0 Å². The molecule has 4 heteroatoms. The van der Waals surface area contributed by atoms with Crippen molar-refractivity contribution < 1.29 is 13.3 Å². The molecule has 0 aromatic heterocycles. The summed E-state index contributed by atoms with van der Waals surface area (Å²) in [5, 5.41) is 0. The van der Waals surface area contributed by atoms with Gasteiger partial charge in [0.15, 0.2) is 0 Å². The molecule has 0 aromatic rings. The van der Waals surface area contributed by atoms with Gasteiger partial charge in [-0.3, -0.25) is 0 Å². The fourth-order valence-corrected chi connectivity index (χ4v) is 4.26. The van der Waals surface area contributed by atoms with Crippen molar-refractivity contribution in [3.05, 3.63) is 36.1 Å². The van der Waals surface area contributed by atoms with E-state index in [0.717, 1.165) is 12.8 Å². The van der Waals surface area contributed by atoms with E-state index in [1.165, 1.54) is 0 Å². The van der Waals surface area contributed by atoms with Crippen molar-refractivity contribution in [1.82, 2.24) is 0 Å². The van der Waals surface area contributed by atoms with Crippen molar-refractivity contribution in [1.29, 1.82) is 0 Å². The third-order valence-electron chi connectivity index (χ3n) is 2.85. The van der Waals surface area contributed by atoms with Crippen LogP contribution in [0.15, 0.2) is 36.1 Å². The molecule has 1 aliphatic carbocycles. The van der Waals surface area contributed by atoms with Crippen LogP contribution in [-0.4, -0.2) is 28.6 Å². The quantitative estimate of drug-likeness (QED) is 0.572. The summed E-state index contributed by atoms with van der Waals surface area (Å²) in [6.07, 6.45) is 13.0. The van der Waals surface area contributed by atoms with Crippen molar-refractivity contribution in [2.24, 2.45) is 5.92 Å². The Bertz CT molecular complexity index is 294. The highest BCUT2D eigenvalue weighted by atomic mass is 28.4. The molecule has 108 valence electrons. The second-order valence-electron chi connectivity index (χ2n) is 4.32. The van der Waals surface area contributed by atoms with Gasteiger partial charge >= 0.3 is 8.80 Å². The standard InChI is InChI=1S/C15H26O3Si/c1-4-16-19(17-5-2,18-6-3)14-10-9-13-15-11-7-8-12-15/h7-8,10-12,14-15H,4-6,9,13H2,1-3H3/b14-10-. The number of hydrogen-bond donors (Lipinski definition) is 0. The molecule has 0 aliphatic heterocycles. The minimum atomic E-state index is -2.59. The van der Waals surface area contributed by atoms with Crippen LogP contribution >= 0.6 is 0 Å². The van der Waals surface area contributed by atoms with Gasteiger partial charge in [0.05, 0.1) is 0 Å². The lowest BCUT2D eigenvalue weighted by molar-refractivity contribution is 0.0842. The maximum Gasteiger partial charge on any atom is 0.529 e. The van der Waals surface area contributed by atoms with Crippen molar-refractivity contribution in [3.63, 3.8) is 0 Å². The van der Waals surface area contributed by atoms with E-state index in [4.69, 9.17) is 13.3 Å². The molecule has 0 N–H and O–H groups in total. The summed E-state index contributed by atoms with van der Waals surface area (Å²) in [7, 11) is -2.59. The number of hydrogen-bond acceptors (Lipinski definition) is 3. The molecule has 0 saturated heterocycles. The van der Waals surface area contributed by atoms with Crippen LogP contribution in [0.5, 0.6) is 0 Å². The molecular formula is C15H26O3Si. The second-order valence-corrected chi connectivity index (χ2v) is 6.72. The lowest BCUT2D eigenvalue weighted by Crippen LogP contribution is -2.44. The first-order valence-electron chi connectivity index (χ1n) is 7.20. The summed E-state index contributed by atoms with van der Waals surface area (Å²) in [4.78, 5) is 0. The van der Waals surface area contributed by atoms with Crippen LogP contribution in [0, 0.1) is 5.92 Å². The number of rotatable bonds is 10. The van der Waals surface area contributed by atoms with Crippen LogP contribution in [0.3, 0.4) is 0 Å². The molecule has 19 heavy (non-hydrogen) atoms. The zero-order valence-electron chi connectivity index (χ0n) is 12.3. The summed E-state index contributed by atoms with van der Waals surface area (Å²) in [5.41, 5.74) is 2.03. The molecule has 0 aromatic carbocycles. The summed E-state index contributed by atoms with van der Waals surface area (Å²) >= 11 is 0. The molecule has 0 saturated carbocycles. The van der Waals surface area contributed by atoms with Gasteiger partial charge in [0.25, 0.3) is 0 Å². The maximum absolute atomic E-state index is 5.76. The Hall–Kier alpha value is -0.683. The average molecular weight is 282 g/mol. The molecule has 0 bridgehead atoms. The van der Waals surface area contributed by atoms with Gasteiger partial charge in [-0.2, -0.15) is 0 Å². The first-order valence-corrected chi connectivity index (χ1v) is 9.01. The van der Waals surface area contributed by atoms with Crippen molar-refractivity contribution in [2.45, 2.75) is 33.6 Å². The molecular weight excluding hydrogens is 256 g/mol. The minimum absolute atomic E-state index is 0.576. The van der Waals surface area contributed by atoms with Crippen LogP contribution in [0.25, 0.3) is 0 Å². The van der Waals surface area contributed by atoms with Crippen LogP contribution in [-0.2, 0) is 13.3 Å². The number of allylic oxidation sites excluding steroid dienone is 5. The predicted molar refractivity (Wildman–Crippen MR) is 80.8 cm³/mol. The van der Waals surface area contributed by atoms with E-state index in [9.17, 15) is 0 Å². The highest BCUT2D eigenvalue weighted by Gasteiger charge is 2.37. The minimum Gasteiger partial charge on any atom is -0.371 e. The Morgan fingerprint density at radius 3 is 1.95 bits per heavy atom. The Balaban J connectivity index is 2.48. The molecule has 0 unspecified atom stereocenters. The second kappa shape index (κ2) is 9.26. The largest absolute Gasteiger partial charge is 0.529 e. The molecule has 0 atom stereocenters. The van der Waals surface area contributed by atoms with Gasteiger partial charge in [0.2, 0.25) is 0 Å². The molecule has 3 nitrogen and oxygen atoms in total. The topological polar surface area (TPSA) is 27.7 Å². The molecule has 0 fully saturated rings. The SMILES string of the molecule is CCO[Si](/C=C\CCC1C=CC=C1)(OCC)OCC. The third-order valence-corrected chi connectivity index (χ3v) is 5.57. The monoisotopic (exact) mass is 282 g/mol. The van der Waals surface area contributed by atoms with Gasteiger partial charge in [-0.15, -0.1) is 0 Å². The zero-order chi connectivity index (χ0) is 14.0. The Labute approximate surface area is 118 Å². The Morgan fingerprint density at radius 2 is 1.47 bits per heavy atom. The van der Waals surface area contributed by atoms with Crippen LogP contribution < -0.4 is 0 Å². The van der Waals surface area contributed by atoms with Gasteiger partial charge in [0, 0.05) is 19.8 Å². The summed E-state index contributed by atoms with van der Waals surface area (Å²) in [5.74, 6) is 0.576. The van der Waals surface area contributed by atoms with E-state index in [1.807, 2.05) is 26.5 Å². The Morgan fingerprint density at radius 1 is 0.947 bits per heavy atom. The van der Waals surface area contributed by atoms with Crippen LogP contribution in [0.2, 0.25) is 0 Å². The lowest BCUT2D eigenvalue weighted by Gasteiger charge is -2.25. The van der Waals surface area contributed by atoms with Crippen LogP contribution in [0.1, 0.15) is 33.6 Å². The smallest absolute Gasteiger partial charge is 0.371 e. The fourth-order valence-electron chi connectivity index (χ4n) is 2.06. The van der Waals surface area contributed by atoms with Gasteiger partial charge in [-0.1, -0.05) is 30.4 Å². The molecule has 1 rings (SSSR count). The fraction of sp³-hybridized carbons (Fsp3) is 0.600. The van der Waals surface area contributed by atoms with Crippen molar-refractivity contribution >= 4 is 8.80 Å². The van der Waals surface area contributed by atoms with Crippen LogP contribution in [0.4, 0.5) is 0 Å². The van der Waals surface area contributed by atoms with Gasteiger partial charge in [-0.05, 0) is 45.2 Å². The summed E-state index contributed by atoms with van der Waals surface area (Å²) < 4.78 is 17.3. The van der Waals surface area contributed by atoms with Gasteiger partial charge in [0.1, 0.15) is 0 Å². The first kappa shape index (κ1) is 16.4. The van der Waals surface area contributed by atoms with E-state index in [0.29, 0.717) is 25.7 Å². The highest BCUT2D eigenvalue weighted by molar-refractivity contribution is 6.66.